The molecular formula is C17H28O3S. The van der Waals surface area contributed by atoms with Crippen LogP contribution in [0.4, 0.5) is 0 Å². The first-order valence-electron chi connectivity index (χ1n) is 7.69. The van der Waals surface area contributed by atoms with Gasteiger partial charge in [0.25, 0.3) is 0 Å². The van der Waals surface area contributed by atoms with Gasteiger partial charge in [-0.1, -0.05) is 11.6 Å². The summed E-state index contributed by atoms with van der Waals surface area (Å²) in [6.45, 7) is 6.76. The highest BCUT2D eigenvalue weighted by Gasteiger charge is 2.31. The van der Waals surface area contributed by atoms with Crippen LogP contribution < -0.4 is 0 Å². The van der Waals surface area contributed by atoms with Crippen LogP contribution in [0.15, 0.2) is 23.5 Å². The summed E-state index contributed by atoms with van der Waals surface area (Å²) < 4.78 is 11.4. The SMILES string of the molecule is CCOC1=CC(=O)C(C(CCC=C(C)C)OCSC)CC1. The summed E-state index contributed by atoms with van der Waals surface area (Å²) in [5, 5.41) is 0. The molecule has 1 aliphatic carbocycles. The lowest BCUT2D eigenvalue weighted by Crippen LogP contribution is -2.32. The van der Waals surface area contributed by atoms with Gasteiger partial charge < -0.3 is 9.47 Å². The molecule has 0 aromatic heterocycles. The predicted octanol–water partition coefficient (Wildman–Crippen LogP) is 4.34. The summed E-state index contributed by atoms with van der Waals surface area (Å²) in [4.78, 5) is 12.3. The van der Waals surface area contributed by atoms with Gasteiger partial charge in [0, 0.05) is 18.4 Å². The van der Waals surface area contributed by atoms with Gasteiger partial charge in [-0.3, -0.25) is 4.79 Å². The van der Waals surface area contributed by atoms with Gasteiger partial charge >= 0.3 is 0 Å². The van der Waals surface area contributed by atoms with Crippen LogP contribution in [0.2, 0.25) is 0 Å². The van der Waals surface area contributed by atoms with Crippen molar-refractivity contribution in [1.82, 2.24) is 0 Å². The molecule has 0 saturated heterocycles. The van der Waals surface area contributed by atoms with E-state index in [2.05, 4.69) is 19.9 Å². The Kier molecular flexibility index (Phi) is 8.77. The van der Waals surface area contributed by atoms with Crippen molar-refractivity contribution in [2.45, 2.75) is 52.6 Å². The minimum atomic E-state index is -0.0214. The van der Waals surface area contributed by atoms with Crippen LogP contribution in [0, 0.1) is 5.92 Å². The third-order valence-corrected chi connectivity index (χ3v) is 3.92. The van der Waals surface area contributed by atoms with Gasteiger partial charge in [-0.2, -0.15) is 0 Å². The highest BCUT2D eigenvalue weighted by Crippen LogP contribution is 2.28. The van der Waals surface area contributed by atoms with E-state index in [0.717, 1.165) is 31.4 Å². The van der Waals surface area contributed by atoms with Gasteiger partial charge in [-0.05, 0) is 46.3 Å². The topological polar surface area (TPSA) is 35.5 Å². The van der Waals surface area contributed by atoms with E-state index in [0.29, 0.717) is 12.5 Å². The van der Waals surface area contributed by atoms with Gasteiger partial charge in [-0.15, -0.1) is 11.8 Å². The first kappa shape index (κ1) is 18.3. The highest BCUT2D eigenvalue weighted by atomic mass is 32.2. The van der Waals surface area contributed by atoms with Crippen LogP contribution in [0.25, 0.3) is 0 Å². The second kappa shape index (κ2) is 10.1. The van der Waals surface area contributed by atoms with Crippen LogP contribution in [-0.4, -0.2) is 30.7 Å². The standard InChI is InChI=1S/C17H28O3S/c1-5-19-14-9-10-15(16(18)11-14)17(20-12-21-4)8-6-7-13(2)3/h7,11,15,17H,5-6,8-10,12H2,1-4H3. The summed E-state index contributed by atoms with van der Waals surface area (Å²) in [6, 6.07) is 0. The Labute approximate surface area is 133 Å². The summed E-state index contributed by atoms with van der Waals surface area (Å²) in [7, 11) is 0. The van der Waals surface area contributed by atoms with Crippen molar-refractivity contribution in [3.8, 4) is 0 Å². The summed E-state index contributed by atoms with van der Waals surface area (Å²) in [6.07, 6.45) is 9.46. The van der Waals surface area contributed by atoms with Gasteiger partial charge in [0.15, 0.2) is 5.78 Å². The van der Waals surface area contributed by atoms with Crippen molar-refractivity contribution in [3.63, 3.8) is 0 Å². The number of carbonyl (C=O) groups is 1. The van der Waals surface area contributed by atoms with Gasteiger partial charge in [-0.25, -0.2) is 0 Å². The second-order valence-corrected chi connectivity index (χ2v) is 6.37. The molecule has 0 bridgehead atoms. The number of ketones is 1. The Morgan fingerprint density at radius 2 is 2.29 bits per heavy atom. The molecule has 120 valence electrons. The van der Waals surface area contributed by atoms with E-state index in [1.807, 2.05) is 13.2 Å². The van der Waals surface area contributed by atoms with E-state index in [-0.39, 0.29) is 17.8 Å². The third kappa shape index (κ3) is 6.70. The van der Waals surface area contributed by atoms with E-state index < -0.39 is 0 Å². The van der Waals surface area contributed by atoms with Crippen LogP contribution in [0.1, 0.15) is 46.5 Å². The normalized spacial score (nSPS) is 19.9. The van der Waals surface area contributed by atoms with Crippen molar-refractivity contribution >= 4 is 17.5 Å². The summed E-state index contributed by atoms with van der Waals surface area (Å²) in [5.41, 5.74) is 1.31. The fourth-order valence-electron chi connectivity index (χ4n) is 2.54. The zero-order valence-electron chi connectivity index (χ0n) is 13.7. The average Bonchev–Trinajstić information content (AvgIpc) is 2.43. The van der Waals surface area contributed by atoms with Crippen molar-refractivity contribution in [2.24, 2.45) is 5.92 Å². The predicted molar refractivity (Wildman–Crippen MR) is 89.4 cm³/mol. The van der Waals surface area contributed by atoms with Crippen molar-refractivity contribution < 1.29 is 14.3 Å². The number of hydrogen-bond acceptors (Lipinski definition) is 4. The van der Waals surface area contributed by atoms with E-state index in [9.17, 15) is 4.79 Å². The Morgan fingerprint density at radius 3 is 2.86 bits per heavy atom. The molecule has 0 heterocycles. The maximum Gasteiger partial charge on any atom is 0.164 e. The van der Waals surface area contributed by atoms with Gasteiger partial charge in [0.2, 0.25) is 0 Å². The molecule has 0 amide bonds. The highest BCUT2D eigenvalue weighted by molar-refractivity contribution is 7.98. The second-order valence-electron chi connectivity index (χ2n) is 5.56. The number of thioether (sulfide) groups is 1. The monoisotopic (exact) mass is 312 g/mol. The number of rotatable bonds is 9. The van der Waals surface area contributed by atoms with Crippen LogP contribution in [0.5, 0.6) is 0 Å². The first-order chi connectivity index (χ1) is 10.1. The Hall–Kier alpha value is -0.740. The number of allylic oxidation sites excluding steroid dienone is 4. The van der Waals surface area contributed by atoms with Crippen molar-refractivity contribution in [3.05, 3.63) is 23.5 Å². The Balaban J connectivity index is 2.65. The van der Waals surface area contributed by atoms with Crippen LogP contribution in [0.3, 0.4) is 0 Å². The summed E-state index contributed by atoms with van der Waals surface area (Å²) in [5.74, 6) is 1.61. The molecule has 0 saturated carbocycles. The Bertz CT molecular complexity index is 383. The molecule has 1 rings (SSSR count). The lowest BCUT2D eigenvalue weighted by Gasteiger charge is -2.28. The maximum atomic E-state index is 12.3. The molecule has 21 heavy (non-hydrogen) atoms. The van der Waals surface area contributed by atoms with E-state index in [1.54, 1.807) is 17.8 Å². The average molecular weight is 312 g/mol. The van der Waals surface area contributed by atoms with Crippen LogP contribution >= 0.6 is 11.8 Å². The molecule has 0 fully saturated rings. The summed E-state index contributed by atoms with van der Waals surface area (Å²) >= 11 is 1.65. The fourth-order valence-corrected chi connectivity index (χ4v) is 2.85. The first-order valence-corrected chi connectivity index (χ1v) is 9.09. The third-order valence-electron chi connectivity index (χ3n) is 3.55. The molecular weight excluding hydrogens is 284 g/mol. The zero-order valence-corrected chi connectivity index (χ0v) is 14.5. The molecule has 2 atom stereocenters. The zero-order chi connectivity index (χ0) is 15.7. The van der Waals surface area contributed by atoms with Crippen molar-refractivity contribution in [1.29, 1.82) is 0 Å². The molecule has 3 nitrogen and oxygen atoms in total. The lowest BCUT2D eigenvalue weighted by atomic mass is 9.85. The number of hydrogen-bond donors (Lipinski definition) is 0. The number of carbonyl (C=O) groups excluding carboxylic acids is 1. The molecule has 0 radical (unpaired) electrons. The van der Waals surface area contributed by atoms with Crippen molar-refractivity contribution in [2.75, 3.05) is 18.8 Å². The Morgan fingerprint density at radius 1 is 1.52 bits per heavy atom. The molecule has 0 aliphatic heterocycles. The number of ether oxygens (including phenoxy) is 2. The lowest BCUT2D eigenvalue weighted by molar-refractivity contribution is -0.124. The molecule has 1 aliphatic rings. The molecule has 0 N–H and O–H groups in total. The quantitative estimate of drug-likeness (QED) is 0.469. The van der Waals surface area contributed by atoms with E-state index >= 15 is 0 Å². The van der Waals surface area contributed by atoms with E-state index in [1.165, 1.54) is 5.57 Å². The largest absolute Gasteiger partial charge is 0.498 e. The maximum absolute atomic E-state index is 12.3. The fraction of sp³-hybridized carbons (Fsp3) is 0.706. The van der Waals surface area contributed by atoms with E-state index in [4.69, 9.17) is 9.47 Å². The minimum absolute atomic E-state index is 0.0139. The molecule has 2 unspecified atom stereocenters. The minimum Gasteiger partial charge on any atom is -0.498 e. The molecule has 0 aromatic carbocycles. The molecule has 4 heteroatoms. The van der Waals surface area contributed by atoms with Gasteiger partial charge in [0.1, 0.15) is 0 Å². The smallest absolute Gasteiger partial charge is 0.164 e. The van der Waals surface area contributed by atoms with Gasteiger partial charge in [0.05, 0.1) is 24.4 Å². The van der Waals surface area contributed by atoms with Crippen LogP contribution in [-0.2, 0) is 14.3 Å². The molecule has 0 aromatic rings. The molecule has 0 spiro atoms.